The van der Waals surface area contributed by atoms with Crippen LogP contribution in [-0.2, 0) is 0 Å². The Morgan fingerprint density at radius 1 is 0.909 bits per heavy atom. The SMILES string of the molecule is O=C(N/N=C\c1cc(Br)cc(Br)c1OC(=O)c1cccc(Br)c1)c1ccc2c(c1)OCCO2. The molecule has 33 heavy (non-hydrogen) atoms. The highest BCUT2D eigenvalue weighted by Crippen LogP contribution is 2.33. The summed E-state index contributed by atoms with van der Waals surface area (Å²) in [5.74, 6) is 0.410. The summed E-state index contributed by atoms with van der Waals surface area (Å²) in [6, 6.07) is 15.2. The van der Waals surface area contributed by atoms with Crippen LogP contribution >= 0.6 is 47.8 Å². The summed E-state index contributed by atoms with van der Waals surface area (Å²) in [7, 11) is 0. The van der Waals surface area contributed by atoms with Crippen LogP contribution in [0.3, 0.4) is 0 Å². The zero-order valence-corrected chi connectivity index (χ0v) is 21.6. The van der Waals surface area contributed by atoms with Gasteiger partial charge in [0.05, 0.1) is 16.3 Å². The number of carbonyl (C=O) groups is 2. The van der Waals surface area contributed by atoms with Crippen molar-refractivity contribution in [2.45, 2.75) is 0 Å². The van der Waals surface area contributed by atoms with Crippen LogP contribution in [0.2, 0.25) is 0 Å². The van der Waals surface area contributed by atoms with Crippen molar-refractivity contribution in [1.82, 2.24) is 5.43 Å². The summed E-state index contributed by atoms with van der Waals surface area (Å²) in [6.45, 7) is 0.898. The maximum absolute atomic E-state index is 12.6. The lowest BCUT2D eigenvalue weighted by molar-refractivity contribution is 0.0732. The van der Waals surface area contributed by atoms with Crippen molar-refractivity contribution in [3.63, 3.8) is 0 Å². The molecule has 0 saturated carbocycles. The molecule has 1 heterocycles. The number of hydrogen-bond donors (Lipinski definition) is 1. The number of esters is 1. The van der Waals surface area contributed by atoms with Crippen LogP contribution in [0.5, 0.6) is 17.2 Å². The highest BCUT2D eigenvalue weighted by Gasteiger charge is 2.17. The summed E-state index contributed by atoms with van der Waals surface area (Å²) >= 11 is 10.2. The number of fused-ring (bicyclic) bond motifs is 1. The molecule has 7 nitrogen and oxygen atoms in total. The molecule has 0 spiro atoms. The number of nitrogens with zero attached hydrogens (tertiary/aromatic N) is 1. The van der Waals surface area contributed by atoms with E-state index in [9.17, 15) is 9.59 Å². The van der Waals surface area contributed by atoms with Crippen molar-refractivity contribution in [2.24, 2.45) is 5.10 Å². The van der Waals surface area contributed by atoms with Crippen molar-refractivity contribution in [1.29, 1.82) is 0 Å². The van der Waals surface area contributed by atoms with Gasteiger partial charge in [0.15, 0.2) is 17.2 Å². The Hall–Kier alpha value is -2.69. The van der Waals surface area contributed by atoms with Gasteiger partial charge in [-0.05, 0) is 64.5 Å². The molecule has 0 saturated heterocycles. The second-order valence-corrected chi connectivity index (χ2v) is 9.45. The van der Waals surface area contributed by atoms with Gasteiger partial charge in [-0.3, -0.25) is 4.79 Å². The molecular weight excluding hydrogens is 624 g/mol. The summed E-state index contributed by atoms with van der Waals surface area (Å²) in [6.07, 6.45) is 1.40. The van der Waals surface area contributed by atoms with Crippen LogP contribution in [0.1, 0.15) is 26.3 Å². The van der Waals surface area contributed by atoms with Gasteiger partial charge in [0.25, 0.3) is 5.91 Å². The third kappa shape index (κ3) is 5.82. The van der Waals surface area contributed by atoms with Crippen molar-refractivity contribution < 1.29 is 23.8 Å². The van der Waals surface area contributed by atoms with Crippen LogP contribution in [0.4, 0.5) is 0 Å². The number of hydrogen-bond acceptors (Lipinski definition) is 6. The van der Waals surface area contributed by atoms with Crippen molar-refractivity contribution in [3.05, 3.63) is 84.7 Å². The number of rotatable bonds is 5. The predicted octanol–water partition coefficient (Wildman–Crippen LogP) is 5.73. The number of benzene rings is 3. The lowest BCUT2D eigenvalue weighted by Crippen LogP contribution is -2.19. The quantitative estimate of drug-likeness (QED) is 0.167. The van der Waals surface area contributed by atoms with Gasteiger partial charge in [-0.1, -0.05) is 37.9 Å². The zero-order chi connectivity index (χ0) is 23.4. The van der Waals surface area contributed by atoms with E-state index in [2.05, 4.69) is 58.3 Å². The third-order valence-corrected chi connectivity index (χ3v) is 6.01. The predicted molar refractivity (Wildman–Crippen MR) is 133 cm³/mol. The van der Waals surface area contributed by atoms with Crippen LogP contribution in [-0.4, -0.2) is 31.3 Å². The van der Waals surface area contributed by atoms with E-state index in [0.717, 1.165) is 8.95 Å². The Bertz CT molecular complexity index is 1260. The van der Waals surface area contributed by atoms with Crippen LogP contribution < -0.4 is 19.6 Å². The molecule has 3 aromatic rings. The van der Waals surface area contributed by atoms with Gasteiger partial charge in [0.1, 0.15) is 13.2 Å². The summed E-state index contributed by atoms with van der Waals surface area (Å²) in [5, 5.41) is 4.03. The summed E-state index contributed by atoms with van der Waals surface area (Å²) in [5.41, 5.74) is 3.70. The molecule has 0 unspecified atom stereocenters. The molecule has 0 radical (unpaired) electrons. The van der Waals surface area contributed by atoms with E-state index in [1.165, 1.54) is 6.21 Å². The molecule has 10 heteroatoms. The standard InChI is InChI=1S/C23H15Br3N2O5/c24-16-3-1-2-14(8-16)23(30)33-21-15(9-17(25)11-18(21)26)12-27-28-22(29)13-4-5-19-20(10-13)32-7-6-31-19/h1-5,8-12H,6-7H2,(H,28,29)/b27-12-. The fourth-order valence-electron chi connectivity index (χ4n) is 2.96. The molecule has 1 aliphatic rings. The monoisotopic (exact) mass is 636 g/mol. The van der Waals surface area contributed by atoms with Crippen LogP contribution in [0, 0.1) is 0 Å². The molecule has 1 aliphatic heterocycles. The molecule has 0 aliphatic carbocycles. The fourth-order valence-corrected chi connectivity index (χ4v) is 4.70. The molecule has 0 atom stereocenters. The Morgan fingerprint density at radius 3 is 2.48 bits per heavy atom. The Kier molecular flexibility index (Phi) is 7.46. The maximum atomic E-state index is 12.6. The molecule has 3 aromatic carbocycles. The smallest absolute Gasteiger partial charge is 0.343 e. The second-order valence-electron chi connectivity index (χ2n) is 6.76. The van der Waals surface area contributed by atoms with E-state index in [-0.39, 0.29) is 5.75 Å². The van der Waals surface area contributed by atoms with Gasteiger partial charge in [-0.15, -0.1) is 0 Å². The zero-order valence-electron chi connectivity index (χ0n) is 16.8. The first kappa shape index (κ1) is 23.5. The minimum Gasteiger partial charge on any atom is -0.486 e. The molecule has 1 N–H and O–H groups in total. The van der Waals surface area contributed by atoms with Gasteiger partial charge >= 0.3 is 5.97 Å². The maximum Gasteiger partial charge on any atom is 0.343 e. The first-order valence-corrected chi connectivity index (χ1v) is 12.0. The molecule has 1 amide bonds. The Balaban J connectivity index is 1.51. The van der Waals surface area contributed by atoms with Crippen LogP contribution in [0.25, 0.3) is 0 Å². The Labute approximate surface area is 214 Å². The van der Waals surface area contributed by atoms with Gasteiger partial charge in [0, 0.05) is 20.1 Å². The van der Waals surface area contributed by atoms with Crippen molar-refractivity contribution in [3.8, 4) is 17.2 Å². The number of amides is 1. The molecule has 0 fully saturated rings. The lowest BCUT2D eigenvalue weighted by atomic mass is 10.2. The van der Waals surface area contributed by atoms with Gasteiger partial charge in [-0.25, -0.2) is 10.2 Å². The normalized spacial score (nSPS) is 12.5. The number of carbonyl (C=O) groups excluding carboxylic acids is 2. The molecular formula is C23H15Br3N2O5. The minimum absolute atomic E-state index is 0.264. The van der Waals surface area contributed by atoms with Crippen molar-refractivity contribution >= 4 is 65.9 Å². The van der Waals surface area contributed by atoms with Crippen molar-refractivity contribution in [2.75, 3.05) is 13.2 Å². The second kappa shape index (κ2) is 10.5. The molecule has 0 aromatic heterocycles. The van der Waals surface area contributed by atoms with E-state index < -0.39 is 11.9 Å². The molecule has 0 bridgehead atoms. The third-order valence-electron chi connectivity index (χ3n) is 4.47. The number of ether oxygens (including phenoxy) is 3. The first-order chi connectivity index (χ1) is 15.9. The minimum atomic E-state index is -0.533. The number of halogens is 3. The van der Waals surface area contributed by atoms with Gasteiger partial charge < -0.3 is 14.2 Å². The largest absolute Gasteiger partial charge is 0.486 e. The van der Waals surface area contributed by atoms with Gasteiger partial charge in [-0.2, -0.15) is 5.10 Å². The van der Waals surface area contributed by atoms with E-state index in [1.807, 2.05) is 6.07 Å². The number of hydrazone groups is 1. The molecule has 168 valence electrons. The van der Waals surface area contributed by atoms with Crippen LogP contribution in [0.15, 0.2) is 73.1 Å². The molecule has 4 rings (SSSR count). The Morgan fingerprint density at radius 2 is 1.70 bits per heavy atom. The average Bonchev–Trinajstić information content (AvgIpc) is 2.80. The lowest BCUT2D eigenvalue weighted by Gasteiger charge is -2.18. The van der Waals surface area contributed by atoms with E-state index in [0.29, 0.717) is 45.9 Å². The van der Waals surface area contributed by atoms with E-state index in [1.54, 1.807) is 48.5 Å². The van der Waals surface area contributed by atoms with E-state index >= 15 is 0 Å². The average molecular weight is 639 g/mol. The number of nitrogens with one attached hydrogen (secondary N) is 1. The summed E-state index contributed by atoms with van der Waals surface area (Å²) < 4.78 is 18.6. The van der Waals surface area contributed by atoms with Gasteiger partial charge in [0.2, 0.25) is 0 Å². The fraction of sp³-hybridized carbons (Fsp3) is 0.0870. The van der Waals surface area contributed by atoms with E-state index in [4.69, 9.17) is 14.2 Å². The summed E-state index contributed by atoms with van der Waals surface area (Å²) in [4.78, 5) is 25.1. The topological polar surface area (TPSA) is 86.2 Å². The highest BCUT2D eigenvalue weighted by molar-refractivity contribution is 9.11. The first-order valence-electron chi connectivity index (χ1n) is 9.60. The highest BCUT2D eigenvalue weighted by atomic mass is 79.9.